The summed E-state index contributed by atoms with van der Waals surface area (Å²) in [5.74, 6) is 2.67. The van der Waals surface area contributed by atoms with Gasteiger partial charge >= 0.3 is 0 Å². The second-order valence-electron chi connectivity index (χ2n) is 8.77. The van der Waals surface area contributed by atoms with Crippen LogP contribution in [-0.4, -0.2) is 38.7 Å². The molecule has 0 atom stereocenters. The molecule has 0 bridgehead atoms. The molecule has 0 radical (unpaired) electrons. The lowest BCUT2D eigenvalue weighted by Gasteiger charge is -2.30. The van der Waals surface area contributed by atoms with Gasteiger partial charge in [-0.1, -0.05) is 29.3 Å². The molecular formula is C28H25Cl2NO6. The van der Waals surface area contributed by atoms with Gasteiger partial charge in [-0.2, -0.15) is 0 Å². The molecule has 9 heteroatoms. The van der Waals surface area contributed by atoms with Crippen molar-refractivity contribution in [3.8, 4) is 28.7 Å². The number of ketones is 1. The maximum Gasteiger partial charge on any atom is 0.232 e. The number of aryl methyl sites for hydroxylation is 1. The number of hydrogen-bond acceptors (Lipinski definition) is 7. The monoisotopic (exact) mass is 541 g/mol. The van der Waals surface area contributed by atoms with Gasteiger partial charge in [0.15, 0.2) is 17.3 Å². The lowest BCUT2D eigenvalue weighted by Crippen LogP contribution is -2.32. The summed E-state index contributed by atoms with van der Waals surface area (Å²) in [7, 11) is 4.62. The van der Waals surface area contributed by atoms with Crippen molar-refractivity contribution < 1.29 is 28.5 Å². The van der Waals surface area contributed by atoms with Crippen LogP contribution in [0.4, 0.5) is 0 Å². The van der Waals surface area contributed by atoms with Crippen molar-refractivity contribution in [2.75, 3.05) is 28.1 Å². The summed E-state index contributed by atoms with van der Waals surface area (Å²) in [6.45, 7) is 3.35. The molecule has 3 aromatic carbocycles. The van der Waals surface area contributed by atoms with Gasteiger partial charge in [0.1, 0.15) is 18.2 Å². The molecule has 0 spiro atoms. The van der Waals surface area contributed by atoms with E-state index in [1.807, 2.05) is 25.1 Å². The summed E-state index contributed by atoms with van der Waals surface area (Å²) >= 11 is 12.4. The van der Waals surface area contributed by atoms with Crippen LogP contribution in [0.3, 0.4) is 0 Å². The second kappa shape index (κ2) is 10.2. The van der Waals surface area contributed by atoms with Gasteiger partial charge in [-0.15, -0.1) is 0 Å². The molecule has 5 rings (SSSR count). The van der Waals surface area contributed by atoms with E-state index in [0.717, 1.165) is 16.7 Å². The van der Waals surface area contributed by atoms with Crippen LogP contribution in [-0.2, 0) is 13.1 Å². The van der Waals surface area contributed by atoms with E-state index in [1.54, 1.807) is 38.5 Å². The third-order valence-electron chi connectivity index (χ3n) is 6.38. The first-order chi connectivity index (χ1) is 17.8. The lowest BCUT2D eigenvalue weighted by molar-refractivity contribution is 0.0872. The van der Waals surface area contributed by atoms with Gasteiger partial charge in [-0.25, -0.2) is 0 Å². The zero-order valence-electron chi connectivity index (χ0n) is 20.8. The highest BCUT2D eigenvalue weighted by molar-refractivity contribution is 6.35. The number of halogens is 2. The second-order valence-corrected chi connectivity index (χ2v) is 9.61. The Bertz CT molecular complexity index is 1410. The van der Waals surface area contributed by atoms with E-state index in [0.29, 0.717) is 69.7 Å². The van der Waals surface area contributed by atoms with E-state index in [1.165, 1.54) is 7.11 Å². The maximum atomic E-state index is 13.4. The molecule has 0 saturated heterocycles. The quantitative estimate of drug-likeness (QED) is 0.339. The van der Waals surface area contributed by atoms with E-state index in [2.05, 4.69) is 4.90 Å². The van der Waals surface area contributed by atoms with Crippen molar-refractivity contribution in [2.24, 2.45) is 0 Å². The van der Waals surface area contributed by atoms with Gasteiger partial charge in [-0.05, 0) is 60.0 Å². The molecule has 0 aliphatic carbocycles. The van der Waals surface area contributed by atoms with Crippen LogP contribution in [0.5, 0.6) is 28.7 Å². The fourth-order valence-electron chi connectivity index (χ4n) is 4.60. The van der Waals surface area contributed by atoms with Gasteiger partial charge < -0.3 is 23.7 Å². The molecule has 0 fully saturated rings. The Kier molecular flexibility index (Phi) is 6.94. The average Bonchev–Trinajstić information content (AvgIpc) is 3.21. The van der Waals surface area contributed by atoms with E-state index < -0.39 is 0 Å². The number of carbonyl (C=O) groups is 1. The summed E-state index contributed by atoms with van der Waals surface area (Å²) in [5, 5.41) is 1.18. The zero-order valence-corrected chi connectivity index (χ0v) is 22.3. The van der Waals surface area contributed by atoms with Crippen LogP contribution >= 0.6 is 23.2 Å². The normalized spacial score (nSPS) is 15.6. The molecule has 0 saturated carbocycles. The molecule has 0 aromatic heterocycles. The van der Waals surface area contributed by atoms with Crippen LogP contribution in [0.15, 0.2) is 42.2 Å². The van der Waals surface area contributed by atoms with Crippen LogP contribution in [0.2, 0.25) is 10.0 Å². The Morgan fingerprint density at radius 3 is 2.41 bits per heavy atom. The highest BCUT2D eigenvalue weighted by atomic mass is 35.5. The molecule has 2 heterocycles. The predicted molar refractivity (Wildman–Crippen MR) is 141 cm³/mol. The van der Waals surface area contributed by atoms with Crippen LogP contribution in [0.1, 0.15) is 32.6 Å². The number of nitrogens with zero attached hydrogens (tertiary/aromatic N) is 1. The number of carbonyl (C=O) groups excluding carboxylic acids is 1. The Morgan fingerprint density at radius 1 is 1.03 bits per heavy atom. The zero-order chi connectivity index (χ0) is 26.3. The third-order valence-corrected chi connectivity index (χ3v) is 6.97. The fraction of sp³-hybridized carbons (Fsp3) is 0.250. The molecule has 37 heavy (non-hydrogen) atoms. The van der Waals surface area contributed by atoms with E-state index in [4.69, 9.17) is 46.9 Å². The number of rotatable bonds is 6. The Balaban J connectivity index is 1.47. The van der Waals surface area contributed by atoms with Crippen molar-refractivity contribution >= 4 is 35.1 Å². The van der Waals surface area contributed by atoms with Gasteiger partial charge in [0.2, 0.25) is 11.5 Å². The van der Waals surface area contributed by atoms with Crippen LogP contribution < -0.4 is 23.7 Å². The summed E-state index contributed by atoms with van der Waals surface area (Å²) in [4.78, 5) is 15.5. The number of ether oxygens (including phenoxy) is 5. The Labute approximate surface area is 225 Å². The minimum atomic E-state index is -0.193. The summed E-state index contributed by atoms with van der Waals surface area (Å²) < 4.78 is 28.5. The standard InChI is InChI=1S/C28H25Cl2NO6/c1-15-7-21-19(13-31(14-36-21)12-17-5-6-18(29)11-20(17)30)27-25(15)26(32)22(37-27)8-16-9-23(33-2)28(35-4)24(10-16)34-3/h5-11H,12-14H2,1-4H3/b22-8-. The number of methoxy groups -OCH3 is 3. The van der Waals surface area contributed by atoms with Crippen molar-refractivity contribution in [1.29, 1.82) is 0 Å². The van der Waals surface area contributed by atoms with Gasteiger partial charge in [0, 0.05) is 23.1 Å². The smallest absolute Gasteiger partial charge is 0.232 e. The number of benzene rings is 3. The van der Waals surface area contributed by atoms with Crippen molar-refractivity contribution in [1.82, 2.24) is 4.90 Å². The minimum Gasteiger partial charge on any atom is -0.493 e. The lowest BCUT2D eigenvalue weighted by atomic mass is 9.98. The number of fused-ring (bicyclic) bond motifs is 3. The average molecular weight is 542 g/mol. The third kappa shape index (κ3) is 4.70. The molecule has 0 N–H and O–H groups in total. The van der Waals surface area contributed by atoms with Crippen LogP contribution in [0, 0.1) is 6.92 Å². The summed E-state index contributed by atoms with van der Waals surface area (Å²) in [6, 6.07) is 10.8. The van der Waals surface area contributed by atoms with Crippen molar-refractivity contribution in [3.05, 3.63) is 80.0 Å². The van der Waals surface area contributed by atoms with E-state index in [-0.39, 0.29) is 11.5 Å². The Morgan fingerprint density at radius 2 is 1.76 bits per heavy atom. The predicted octanol–water partition coefficient (Wildman–Crippen LogP) is 6.30. The van der Waals surface area contributed by atoms with Crippen molar-refractivity contribution in [3.63, 3.8) is 0 Å². The van der Waals surface area contributed by atoms with Crippen LogP contribution in [0.25, 0.3) is 6.08 Å². The summed E-state index contributed by atoms with van der Waals surface area (Å²) in [6.07, 6.45) is 1.67. The first kappa shape index (κ1) is 25.3. The molecule has 0 unspecified atom stereocenters. The number of Topliss-reactive ketones (excluding diaryl/α,β-unsaturated/α-hetero) is 1. The number of allylic oxidation sites excluding steroid dienone is 1. The topological polar surface area (TPSA) is 66.5 Å². The first-order valence-electron chi connectivity index (χ1n) is 11.5. The maximum absolute atomic E-state index is 13.4. The minimum absolute atomic E-state index is 0.193. The Hall–Kier alpha value is -3.39. The van der Waals surface area contributed by atoms with Gasteiger partial charge in [0.25, 0.3) is 0 Å². The van der Waals surface area contributed by atoms with Gasteiger partial charge in [-0.3, -0.25) is 9.69 Å². The SMILES string of the molecule is COc1cc(/C=C2\Oc3c4c(cc(C)c3C2=O)OCN(Cc2ccc(Cl)cc2Cl)C4)cc(OC)c1OC. The highest BCUT2D eigenvalue weighted by Gasteiger charge is 2.35. The molecule has 3 aromatic rings. The van der Waals surface area contributed by atoms with E-state index in [9.17, 15) is 4.79 Å². The first-order valence-corrected chi connectivity index (χ1v) is 12.3. The molecule has 0 amide bonds. The number of hydrogen-bond donors (Lipinski definition) is 0. The molecule has 2 aliphatic heterocycles. The molecule has 7 nitrogen and oxygen atoms in total. The fourth-order valence-corrected chi connectivity index (χ4v) is 5.07. The summed E-state index contributed by atoms with van der Waals surface area (Å²) in [5.41, 5.74) is 3.75. The molecule has 2 aliphatic rings. The van der Waals surface area contributed by atoms with E-state index >= 15 is 0 Å². The molecular weight excluding hydrogens is 517 g/mol. The largest absolute Gasteiger partial charge is 0.493 e. The van der Waals surface area contributed by atoms with Crippen molar-refractivity contribution in [2.45, 2.75) is 20.0 Å². The van der Waals surface area contributed by atoms with Gasteiger partial charge in [0.05, 0.1) is 32.5 Å². The molecule has 192 valence electrons. The highest BCUT2D eigenvalue weighted by Crippen LogP contribution is 2.45.